The van der Waals surface area contributed by atoms with E-state index < -0.39 is 28.5 Å². The van der Waals surface area contributed by atoms with Gasteiger partial charge in [0.15, 0.2) is 0 Å². The van der Waals surface area contributed by atoms with Gasteiger partial charge >= 0.3 is 0 Å². The summed E-state index contributed by atoms with van der Waals surface area (Å²) in [5.41, 5.74) is 1.82. The Kier molecular flexibility index (Phi) is 9.94. The van der Waals surface area contributed by atoms with E-state index in [0.717, 1.165) is 22.5 Å². The van der Waals surface area contributed by atoms with Crippen molar-refractivity contribution in [1.29, 1.82) is 0 Å². The average Bonchev–Trinajstić information content (AvgIpc) is 2.78. The fraction of sp³-hybridized carbons (Fsp3) is 0.440. The molecule has 2 amide bonds. The minimum Gasteiger partial charge on any atom is -0.352 e. The van der Waals surface area contributed by atoms with Crippen LogP contribution in [-0.2, 0) is 26.2 Å². The molecule has 0 bridgehead atoms. The van der Waals surface area contributed by atoms with E-state index in [1.807, 2.05) is 20.8 Å². The van der Waals surface area contributed by atoms with Crippen molar-refractivity contribution in [3.8, 4) is 0 Å². The van der Waals surface area contributed by atoms with Crippen LogP contribution in [0, 0.1) is 6.92 Å². The first kappa shape index (κ1) is 27.7. The first-order valence-corrected chi connectivity index (χ1v) is 13.6. The molecule has 2 atom stereocenters. The Morgan fingerprint density at radius 1 is 1.03 bits per heavy atom. The Hall–Kier alpha value is -2.58. The minimum atomic E-state index is -3.77. The summed E-state index contributed by atoms with van der Waals surface area (Å²) in [7, 11) is -3.77. The van der Waals surface area contributed by atoms with Gasteiger partial charge in [0.25, 0.3) is 0 Å². The zero-order chi connectivity index (χ0) is 25.5. The average molecular weight is 508 g/mol. The van der Waals surface area contributed by atoms with Crippen molar-refractivity contribution in [1.82, 2.24) is 10.2 Å². The minimum absolute atomic E-state index is 0.0571. The van der Waals surface area contributed by atoms with Crippen molar-refractivity contribution in [2.45, 2.75) is 59.2 Å². The number of rotatable bonds is 11. The van der Waals surface area contributed by atoms with Gasteiger partial charge in [0, 0.05) is 17.6 Å². The number of nitrogens with one attached hydrogen (secondary N) is 1. The highest BCUT2D eigenvalue weighted by atomic mass is 35.5. The van der Waals surface area contributed by atoms with E-state index >= 15 is 0 Å². The maximum absolute atomic E-state index is 13.7. The Morgan fingerprint density at radius 3 is 2.21 bits per heavy atom. The molecule has 1 N–H and O–H groups in total. The number of para-hydroxylation sites is 1. The summed E-state index contributed by atoms with van der Waals surface area (Å²) >= 11 is 6.36. The number of anilines is 1. The molecule has 9 heteroatoms. The van der Waals surface area contributed by atoms with E-state index in [4.69, 9.17) is 11.6 Å². The second-order valence-corrected chi connectivity index (χ2v) is 10.7. The van der Waals surface area contributed by atoms with Crippen molar-refractivity contribution in [2.24, 2.45) is 0 Å². The first-order valence-electron chi connectivity index (χ1n) is 11.4. The molecule has 0 aliphatic rings. The molecule has 0 aromatic heterocycles. The smallest absolute Gasteiger partial charge is 0.244 e. The van der Waals surface area contributed by atoms with Gasteiger partial charge in [0.2, 0.25) is 21.8 Å². The van der Waals surface area contributed by atoms with E-state index in [-0.39, 0.29) is 18.5 Å². The molecule has 2 aromatic carbocycles. The van der Waals surface area contributed by atoms with Crippen molar-refractivity contribution >= 4 is 39.1 Å². The lowest BCUT2D eigenvalue weighted by Crippen LogP contribution is -2.53. The van der Waals surface area contributed by atoms with Crippen LogP contribution in [0.1, 0.15) is 44.7 Å². The van der Waals surface area contributed by atoms with E-state index in [0.29, 0.717) is 22.7 Å². The molecular weight excluding hydrogens is 474 g/mol. The van der Waals surface area contributed by atoms with Gasteiger partial charge in [-0.1, -0.05) is 61.8 Å². The van der Waals surface area contributed by atoms with E-state index in [2.05, 4.69) is 5.32 Å². The van der Waals surface area contributed by atoms with Crippen LogP contribution >= 0.6 is 11.6 Å². The van der Waals surface area contributed by atoms with E-state index in [1.165, 1.54) is 4.90 Å². The summed E-state index contributed by atoms with van der Waals surface area (Å²) in [4.78, 5) is 28.2. The Morgan fingerprint density at radius 2 is 1.65 bits per heavy atom. The van der Waals surface area contributed by atoms with Gasteiger partial charge in [0.05, 0.1) is 11.9 Å². The van der Waals surface area contributed by atoms with Crippen LogP contribution in [0.5, 0.6) is 0 Å². The normalized spacial score (nSPS) is 13.1. The summed E-state index contributed by atoms with van der Waals surface area (Å²) in [6.45, 7) is 7.12. The topological polar surface area (TPSA) is 86.8 Å². The number of amides is 2. The number of hydrogen-bond acceptors (Lipinski definition) is 4. The van der Waals surface area contributed by atoms with Crippen molar-refractivity contribution in [3.05, 3.63) is 64.7 Å². The molecule has 2 rings (SSSR count). The van der Waals surface area contributed by atoms with Crippen LogP contribution in [-0.4, -0.2) is 50.0 Å². The molecular formula is C25H34ClN3O4S. The van der Waals surface area contributed by atoms with Gasteiger partial charge in [-0.3, -0.25) is 13.9 Å². The lowest BCUT2D eigenvalue weighted by molar-refractivity contribution is -0.140. The molecule has 0 saturated carbocycles. The van der Waals surface area contributed by atoms with Gasteiger partial charge in [-0.05, 0) is 49.9 Å². The highest BCUT2D eigenvalue weighted by Crippen LogP contribution is 2.24. The predicted octanol–water partition coefficient (Wildman–Crippen LogP) is 4.14. The van der Waals surface area contributed by atoms with Crippen molar-refractivity contribution in [2.75, 3.05) is 17.1 Å². The lowest BCUT2D eigenvalue weighted by atomic mass is 10.1. The number of aryl methyl sites for hydroxylation is 1. The number of nitrogens with zero attached hydrogens (tertiary/aromatic N) is 2. The second kappa shape index (κ2) is 12.2. The number of carbonyl (C=O) groups excluding carboxylic acids is 2. The second-order valence-electron chi connectivity index (χ2n) is 8.41. The maximum Gasteiger partial charge on any atom is 0.244 e. The van der Waals surface area contributed by atoms with Crippen LogP contribution in [0.4, 0.5) is 5.69 Å². The molecule has 0 heterocycles. The Bertz CT molecular complexity index is 1110. The monoisotopic (exact) mass is 507 g/mol. The maximum atomic E-state index is 13.7. The molecule has 0 spiro atoms. The zero-order valence-electron chi connectivity index (χ0n) is 20.4. The standard InChI is InChI=1S/C25H34ClN3O4S/c1-6-19(4)27-25(31)22(7-2)28(16-20-13-9-10-14-21(20)26)24(30)17-29(34(5,32)33)23-15-11-8-12-18(23)3/h8-15,19,22H,6-7,16-17H2,1-5H3,(H,27,31)/t19-,22-/m1/s1. The van der Waals surface area contributed by atoms with Gasteiger partial charge < -0.3 is 10.2 Å². The largest absolute Gasteiger partial charge is 0.352 e. The number of sulfonamides is 1. The molecule has 0 saturated heterocycles. The third-order valence-electron chi connectivity index (χ3n) is 5.75. The molecule has 0 unspecified atom stereocenters. The van der Waals surface area contributed by atoms with Crippen LogP contribution in [0.25, 0.3) is 0 Å². The van der Waals surface area contributed by atoms with Gasteiger partial charge in [-0.2, -0.15) is 0 Å². The van der Waals surface area contributed by atoms with Crippen LogP contribution in [0.3, 0.4) is 0 Å². The van der Waals surface area contributed by atoms with E-state index in [9.17, 15) is 18.0 Å². The predicted molar refractivity (Wildman–Crippen MR) is 137 cm³/mol. The summed E-state index contributed by atoms with van der Waals surface area (Å²) in [5.74, 6) is -0.765. The Labute approximate surface area is 208 Å². The molecule has 0 aliphatic carbocycles. The van der Waals surface area contributed by atoms with Gasteiger partial charge in [0.1, 0.15) is 12.6 Å². The number of halogens is 1. The fourth-order valence-electron chi connectivity index (χ4n) is 3.61. The molecule has 7 nitrogen and oxygen atoms in total. The molecule has 0 aliphatic heterocycles. The van der Waals surface area contributed by atoms with Gasteiger partial charge in [-0.15, -0.1) is 0 Å². The summed E-state index contributed by atoms with van der Waals surface area (Å²) in [6, 6.07) is 13.2. The third kappa shape index (κ3) is 7.21. The Balaban J connectivity index is 2.47. The highest BCUT2D eigenvalue weighted by molar-refractivity contribution is 7.92. The highest BCUT2D eigenvalue weighted by Gasteiger charge is 2.32. The number of benzene rings is 2. The fourth-order valence-corrected chi connectivity index (χ4v) is 4.71. The molecule has 2 aromatic rings. The van der Waals surface area contributed by atoms with Crippen LogP contribution in [0.15, 0.2) is 48.5 Å². The van der Waals surface area contributed by atoms with Gasteiger partial charge in [-0.25, -0.2) is 8.42 Å². The molecule has 0 radical (unpaired) electrons. The summed E-state index contributed by atoms with van der Waals surface area (Å²) in [5, 5.41) is 3.41. The zero-order valence-corrected chi connectivity index (χ0v) is 22.0. The van der Waals surface area contributed by atoms with Crippen LogP contribution in [0.2, 0.25) is 5.02 Å². The first-order chi connectivity index (χ1) is 16.0. The number of hydrogen-bond donors (Lipinski definition) is 1. The molecule has 34 heavy (non-hydrogen) atoms. The van der Waals surface area contributed by atoms with Crippen molar-refractivity contribution < 1.29 is 18.0 Å². The van der Waals surface area contributed by atoms with Crippen LogP contribution < -0.4 is 9.62 Å². The lowest BCUT2D eigenvalue weighted by Gasteiger charge is -2.33. The quantitative estimate of drug-likeness (QED) is 0.495. The summed E-state index contributed by atoms with van der Waals surface area (Å²) in [6.07, 6.45) is 2.18. The van der Waals surface area contributed by atoms with E-state index in [1.54, 1.807) is 55.5 Å². The van der Waals surface area contributed by atoms with Crippen molar-refractivity contribution in [3.63, 3.8) is 0 Å². The molecule has 186 valence electrons. The third-order valence-corrected chi connectivity index (χ3v) is 7.24. The summed E-state index contributed by atoms with van der Waals surface area (Å²) < 4.78 is 26.4. The molecule has 0 fully saturated rings. The number of carbonyl (C=O) groups is 2. The SMILES string of the molecule is CC[C@@H](C)NC(=O)[C@@H](CC)N(Cc1ccccc1Cl)C(=O)CN(c1ccccc1C)S(C)(=O)=O.